The zero-order chi connectivity index (χ0) is 8.27. The Kier molecular flexibility index (Phi) is 2.33. The minimum atomic E-state index is 0.539. The summed E-state index contributed by atoms with van der Waals surface area (Å²) in [5.74, 6) is 0. The molecular formula is C9H8BN. The Balaban J connectivity index is 3.12. The van der Waals surface area contributed by atoms with Gasteiger partial charge in [-0.3, -0.25) is 0 Å². The Labute approximate surface area is 68.1 Å². The van der Waals surface area contributed by atoms with Crippen LogP contribution >= 0.6 is 0 Å². The van der Waals surface area contributed by atoms with E-state index in [9.17, 15) is 0 Å². The number of rotatable bonds is 1. The fourth-order valence-corrected chi connectivity index (χ4v) is 0.994. The van der Waals surface area contributed by atoms with Gasteiger partial charge in [-0.15, -0.1) is 0 Å². The molecule has 1 aromatic rings. The molecule has 2 heteroatoms. The smallest absolute Gasteiger partial charge is 0.0991 e. The van der Waals surface area contributed by atoms with E-state index in [1.807, 2.05) is 19.1 Å². The average molecular weight is 141 g/mol. The molecule has 0 spiro atoms. The van der Waals surface area contributed by atoms with E-state index in [-0.39, 0.29) is 0 Å². The van der Waals surface area contributed by atoms with Crippen LogP contribution in [0.4, 0.5) is 0 Å². The van der Waals surface area contributed by atoms with Crippen molar-refractivity contribution in [3.8, 4) is 6.07 Å². The molecule has 1 aromatic carbocycles. The SMILES string of the molecule is [B]Cc1ccc(C#N)cc1C. The summed E-state index contributed by atoms with van der Waals surface area (Å²) >= 11 is 0. The summed E-state index contributed by atoms with van der Waals surface area (Å²) in [6.07, 6.45) is 0.539. The van der Waals surface area contributed by atoms with Gasteiger partial charge < -0.3 is 0 Å². The van der Waals surface area contributed by atoms with Gasteiger partial charge in [-0.1, -0.05) is 17.9 Å². The van der Waals surface area contributed by atoms with Gasteiger partial charge in [-0.25, -0.2) is 0 Å². The van der Waals surface area contributed by atoms with Crippen molar-refractivity contribution in [2.24, 2.45) is 0 Å². The van der Waals surface area contributed by atoms with Crippen molar-refractivity contribution in [3.63, 3.8) is 0 Å². The molecule has 0 heterocycles. The Morgan fingerprint density at radius 2 is 2.27 bits per heavy atom. The fraction of sp³-hybridized carbons (Fsp3) is 0.222. The van der Waals surface area contributed by atoms with Gasteiger partial charge in [0.05, 0.1) is 19.5 Å². The maximum atomic E-state index is 8.54. The van der Waals surface area contributed by atoms with Crippen LogP contribution in [0, 0.1) is 18.3 Å². The first-order valence-electron chi connectivity index (χ1n) is 3.47. The average Bonchev–Trinajstić information content (AvgIpc) is 2.04. The van der Waals surface area contributed by atoms with Crippen LogP contribution in [0.3, 0.4) is 0 Å². The molecule has 0 fully saturated rings. The first-order valence-corrected chi connectivity index (χ1v) is 3.47. The highest BCUT2D eigenvalue weighted by Gasteiger charge is 1.95. The zero-order valence-corrected chi connectivity index (χ0v) is 6.46. The molecule has 0 N–H and O–H groups in total. The summed E-state index contributed by atoms with van der Waals surface area (Å²) in [4.78, 5) is 0. The van der Waals surface area contributed by atoms with E-state index >= 15 is 0 Å². The van der Waals surface area contributed by atoms with E-state index < -0.39 is 0 Å². The molecule has 0 amide bonds. The van der Waals surface area contributed by atoms with Gasteiger partial charge in [-0.05, 0) is 24.6 Å². The molecule has 0 aromatic heterocycles. The van der Waals surface area contributed by atoms with Crippen molar-refractivity contribution in [3.05, 3.63) is 34.9 Å². The minimum Gasteiger partial charge on any atom is -0.192 e. The Bertz CT molecular complexity index is 299. The van der Waals surface area contributed by atoms with E-state index in [0.717, 1.165) is 11.1 Å². The monoisotopic (exact) mass is 141 g/mol. The molecule has 0 saturated heterocycles. The Morgan fingerprint density at radius 1 is 1.55 bits per heavy atom. The van der Waals surface area contributed by atoms with Crippen LogP contribution in [0.5, 0.6) is 0 Å². The van der Waals surface area contributed by atoms with E-state index in [4.69, 9.17) is 13.1 Å². The van der Waals surface area contributed by atoms with Gasteiger partial charge in [0.1, 0.15) is 0 Å². The van der Waals surface area contributed by atoms with Gasteiger partial charge in [0, 0.05) is 0 Å². The second-order valence-electron chi connectivity index (χ2n) is 2.46. The summed E-state index contributed by atoms with van der Waals surface area (Å²) in [6, 6.07) is 7.61. The lowest BCUT2D eigenvalue weighted by atomic mass is 9.93. The number of hydrogen-bond donors (Lipinski definition) is 0. The molecule has 0 aliphatic carbocycles. The molecular weight excluding hydrogens is 133 g/mol. The van der Waals surface area contributed by atoms with Gasteiger partial charge in [0.15, 0.2) is 0 Å². The highest BCUT2D eigenvalue weighted by Crippen LogP contribution is 2.09. The maximum absolute atomic E-state index is 8.54. The largest absolute Gasteiger partial charge is 0.192 e. The highest BCUT2D eigenvalue weighted by molar-refractivity contribution is 6.08. The third kappa shape index (κ3) is 1.62. The van der Waals surface area contributed by atoms with Gasteiger partial charge in [-0.2, -0.15) is 5.26 Å². The third-order valence-corrected chi connectivity index (χ3v) is 1.69. The highest BCUT2D eigenvalue weighted by atomic mass is 14.2. The van der Waals surface area contributed by atoms with Crippen molar-refractivity contribution < 1.29 is 0 Å². The van der Waals surface area contributed by atoms with Crippen LogP contribution in [-0.4, -0.2) is 7.85 Å². The van der Waals surface area contributed by atoms with Crippen molar-refractivity contribution >= 4 is 7.85 Å². The molecule has 0 atom stereocenters. The third-order valence-electron chi connectivity index (χ3n) is 1.69. The summed E-state index contributed by atoms with van der Waals surface area (Å²) in [5, 5.41) is 8.54. The number of nitriles is 1. The zero-order valence-electron chi connectivity index (χ0n) is 6.46. The second-order valence-corrected chi connectivity index (χ2v) is 2.46. The molecule has 1 rings (SSSR count). The van der Waals surface area contributed by atoms with Gasteiger partial charge in [0.2, 0.25) is 0 Å². The first-order chi connectivity index (χ1) is 5.27. The quantitative estimate of drug-likeness (QED) is 0.544. The number of benzene rings is 1. The summed E-state index contributed by atoms with van der Waals surface area (Å²) in [6.45, 7) is 1.96. The first kappa shape index (κ1) is 7.88. The van der Waals surface area contributed by atoms with Crippen molar-refractivity contribution in [2.75, 3.05) is 0 Å². The van der Waals surface area contributed by atoms with Crippen molar-refractivity contribution in [1.82, 2.24) is 0 Å². The maximum Gasteiger partial charge on any atom is 0.0991 e. The molecule has 0 aliphatic rings. The van der Waals surface area contributed by atoms with Gasteiger partial charge in [0.25, 0.3) is 0 Å². The summed E-state index contributed by atoms with van der Waals surface area (Å²) in [7, 11) is 5.46. The topological polar surface area (TPSA) is 23.8 Å². The van der Waals surface area contributed by atoms with E-state index in [2.05, 4.69) is 6.07 Å². The van der Waals surface area contributed by atoms with Crippen LogP contribution < -0.4 is 0 Å². The number of aryl methyl sites for hydroxylation is 1. The normalized spacial score (nSPS) is 9.09. The molecule has 11 heavy (non-hydrogen) atoms. The van der Waals surface area contributed by atoms with Crippen LogP contribution in [0.1, 0.15) is 16.7 Å². The molecule has 0 aliphatic heterocycles. The summed E-state index contributed by atoms with van der Waals surface area (Å²) in [5.41, 5.74) is 2.88. The minimum absolute atomic E-state index is 0.539. The van der Waals surface area contributed by atoms with Crippen LogP contribution in [0.25, 0.3) is 0 Å². The molecule has 0 unspecified atom stereocenters. The molecule has 2 radical (unpaired) electrons. The lowest BCUT2D eigenvalue weighted by Crippen LogP contribution is -1.89. The molecule has 52 valence electrons. The lowest BCUT2D eigenvalue weighted by Gasteiger charge is -2.01. The van der Waals surface area contributed by atoms with Crippen molar-refractivity contribution in [2.45, 2.75) is 13.2 Å². The lowest BCUT2D eigenvalue weighted by molar-refractivity contribution is 1.29. The van der Waals surface area contributed by atoms with E-state index in [1.54, 1.807) is 6.07 Å². The molecule has 0 saturated carbocycles. The second kappa shape index (κ2) is 3.25. The predicted octanol–water partition coefficient (Wildman–Crippen LogP) is 1.54. The predicted molar refractivity (Wildman–Crippen MR) is 45.4 cm³/mol. The van der Waals surface area contributed by atoms with Crippen LogP contribution in [0.2, 0.25) is 0 Å². The van der Waals surface area contributed by atoms with Crippen LogP contribution in [0.15, 0.2) is 18.2 Å². The number of hydrogen-bond acceptors (Lipinski definition) is 1. The van der Waals surface area contributed by atoms with Gasteiger partial charge >= 0.3 is 0 Å². The Morgan fingerprint density at radius 3 is 2.73 bits per heavy atom. The van der Waals surface area contributed by atoms with E-state index in [0.29, 0.717) is 11.9 Å². The van der Waals surface area contributed by atoms with Crippen molar-refractivity contribution in [1.29, 1.82) is 5.26 Å². The van der Waals surface area contributed by atoms with Crippen LogP contribution in [-0.2, 0) is 6.32 Å². The standard InChI is InChI=1S/C9H8BN/c1-7-4-8(6-11)2-3-9(7)5-10/h2-4H,5H2,1H3. The molecule has 0 bridgehead atoms. The Hall–Kier alpha value is -1.23. The molecule has 1 nitrogen and oxygen atoms in total. The number of nitrogens with zero attached hydrogens (tertiary/aromatic N) is 1. The van der Waals surface area contributed by atoms with E-state index in [1.165, 1.54) is 0 Å². The fourth-order valence-electron chi connectivity index (χ4n) is 0.994. The summed E-state index contributed by atoms with van der Waals surface area (Å²) < 4.78 is 0.